The summed E-state index contributed by atoms with van der Waals surface area (Å²) in [5, 5.41) is 2.81. The normalized spacial score (nSPS) is 11.1. The molecule has 122 valence electrons. The van der Waals surface area contributed by atoms with E-state index in [4.69, 9.17) is 17.3 Å². The van der Waals surface area contributed by atoms with Gasteiger partial charge in [0.1, 0.15) is 0 Å². The Balaban J connectivity index is 1.98. The number of fused-ring (bicyclic) bond motifs is 2. The van der Waals surface area contributed by atoms with Gasteiger partial charge in [-0.25, -0.2) is 0 Å². The van der Waals surface area contributed by atoms with Crippen LogP contribution < -0.4 is 5.73 Å². The van der Waals surface area contributed by atoms with Crippen molar-refractivity contribution in [1.82, 2.24) is 4.57 Å². The van der Waals surface area contributed by atoms with Crippen molar-refractivity contribution >= 4 is 45.1 Å². The third kappa shape index (κ3) is 2.39. The van der Waals surface area contributed by atoms with Crippen LogP contribution >= 0.6 is 11.6 Å². The Morgan fingerprint density at radius 2 is 1.48 bits per heavy atom. The molecule has 1 aromatic heterocycles. The molecular weight excluding hydrogens is 336 g/mol. The zero-order valence-electron chi connectivity index (χ0n) is 13.1. The second kappa shape index (κ2) is 5.76. The minimum absolute atomic E-state index is 0.239. The van der Waals surface area contributed by atoms with E-state index in [1.807, 2.05) is 24.3 Å². The highest BCUT2D eigenvalue weighted by Gasteiger charge is 2.19. The van der Waals surface area contributed by atoms with Crippen LogP contribution in [0.2, 0.25) is 5.02 Å². The summed E-state index contributed by atoms with van der Waals surface area (Å²) >= 11 is 6.24. The van der Waals surface area contributed by atoms with E-state index in [2.05, 4.69) is 0 Å². The zero-order valence-corrected chi connectivity index (χ0v) is 13.8. The molecule has 0 saturated heterocycles. The quantitative estimate of drug-likeness (QED) is 0.589. The molecule has 0 fully saturated rings. The van der Waals surface area contributed by atoms with Crippen LogP contribution in [-0.2, 0) is 0 Å². The van der Waals surface area contributed by atoms with Gasteiger partial charge in [0, 0.05) is 27.6 Å². The number of carbonyl (C=O) groups is 2. The van der Waals surface area contributed by atoms with E-state index < -0.39 is 5.91 Å². The van der Waals surface area contributed by atoms with Crippen molar-refractivity contribution < 1.29 is 9.59 Å². The minimum atomic E-state index is -0.566. The molecule has 0 aliphatic heterocycles. The fourth-order valence-corrected chi connectivity index (χ4v) is 3.37. The van der Waals surface area contributed by atoms with E-state index in [1.165, 1.54) is 10.8 Å². The highest BCUT2D eigenvalue weighted by atomic mass is 35.5. The number of hydrogen-bond acceptors (Lipinski definition) is 2. The molecule has 4 nitrogen and oxygen atoms in total. The first-order valence-electron chi connectivity index (χ1n) is 7.70. The Morgan fingerprint density at radius 3 is 2.28 bits per heavy atom. The van der Waals surface area contributed by atoms with Crippen LogP contribution in [0.5, 0.6) is 0 Å². The molecular formula is C20H13ClN2O2. The molecule has 0 aliphatic carbocycles. The molecule has 0 radical (unpaired) electrons. The SMILES string of the molecule is NC(=O)c1cn(C(=O)c2cccc3c(Cl)cccc23)c2ccccc12. The van der Waals surface area contributed by atoms with Gasteiger partial charge in [0.2, 0.25) is 0 Å². The van der Waals surface area contributed by atoms with Crippen molar-refractivity contribution in [2.24, 2.45) is 5.73 Å². The molecule has 0 atom stereocenters. The van der Waals surface area contributed by atoms with Crippen molar-refractivity contribution in [3.05, 3.63) is 83.0 Å². The van der Waals surface area contributed by atoms with Crippen molar-refractivity contribution in [2.75, 3.05) is 0 Å². The predicted molar refractivity (Wildman–Crippen MR) is 99.1 cm³/mol. The molecule has 0 unspecified atom stereocenters. The second-order valence-electron chi connectivity index (χ2n) is 5.74. The first-order chi connectivity index (χ1) is 12.1. The number of aromatic nitrogens is 1. The van der Waals surface area contributed by atoms with E-state index in [0.717, 1.165) is 10.8 Å². The first kappa shape index (κ1) is 15.4. The Hall–Kier alpha value is -3.11. The highest BCUT2D eigenvalue weighted by Crippen LogP contribution is 2.28. The first-order valence-corrected chi connectivity index (χ1v) is 8.07. The summed E-state index contributed by atoms with van der Waals surface area (Å²) in [4.78, 5) is 24.9. The molecule has 1 heterocycles. The Bertz CT molecular complexity index is 1160. The van der Waals surface area contributed by atoms with Crippen LogP contribution in [0, 0.1) is 0 Å². The van der Waals surface area contributed by atoms with Gasteiger partial charge in [-0.15, -0.1) is 0 Å². The van der Waals surface area contributed by atoms with Gasteiger partial charge in [-0.3, -0.25) is 14.2 Å². The van der Waals surface area contributed by atoms with Crippen LogP contribution in [0.15, 0.2) is 66.9 Å². The summed E-state index contributed by atoms with van der Waals surface area (Å²) in [5.41, 5.74) is 6.93. The van der Waals surface area contributed by atoms with E-state index in [9.17, 15) is 9.59 Å². The summed E-state index contributed by atoms with van der Waals surface area (Å²) in [7, 11) is 0. The molecule has 2 N–H and O–H groups in total. The number of hydrogen-bond donors (Lipinski definition) is 1. The predicted octanol–water partition coefficient (Wildman–Crippen LogP) is 4.24. The van der Waals surface area contributed by atoms with E-state index in [1.54, 1.807) is 36.4 Å². The molecule has 0 saturated carbocycles. The van der Waals surface area contributed by atoms with Crippen molar-refractivity contribution in [2.45, 2.75) is 0 Å². The Labute approximate surface area is 148 Å². The molecule has 25 heavy (non-hydrogen) atoms. The molecule has 0 bridgehead atoms. The third-order valence-corrected chi connectivity index (χ3v) is 4.63. The van der Waals surface area contributed by atoms with Crippen molar-refractivity contribution in [3.8, 4) is 0 Å². The zero-order chi connectivity index (χ0) is 17.6. The van der Waals surface area contributed by atoms with E-state index >= 15 is 0 Å². The van der Waals surface area contributed by atoms with Gasteiger partial charge in [-0.1, -0.05) is 54.1 Å². The third-order valence-electron chi connectivity index (χ3n) is 4.30. The van der Waals surface area contributed by atoms with Gasteiger partial charge in [-0.2, -0.15) is 0 Å². The standard InChI is InChI=1S/C20H13ClN2O2/c21-17-9-4-6-12-13(17)7-3-8-15(12)20(25)23-11-16(19(22)24)14-5-1-2-10-18(14)23/h1-11H,(H2,22,24). The average molecular weight is 349 g/mol. The lowest BCUT2D eigenvalue weighted by molar-refractivity contribution is 0.0966. The van der Waals surface area contributed by atoms with E-state index in [-0.39, 0.29) is 5.91 Å². The lowest BCUT2D eigenvalue weighted by Gasteiger charge is -2.08. The number of carbonyl (C=O) groups excluding carboxylic acids is 2. The molecule has 0 spiro atoms. The van der Waals surface area contributed by atoms with Gasteiger partial charge < -0.3 is 5.73 Å². The van der Waals surface area contributed by atoms with Crippen LogP contribution in [0.25, 0.3) is 21.7 Å². The lowest BCUT2D eigenvalue weighted by atomic mass is 10.0. The molecule has 4 rings (SSSR count). The summed E-state index contributed by atoms with van der Waals surface area (Å²) in [5.74, 6) is -0.805. The number of para-hydroxylation sites is 1. The van der Waals surface area contributed by atoms with Gasteiger partial charge in [0.15, 0.2) is 0 Å². The Morgan fingerprint density at radius 1 is 0.800 bits per heavy atom. The van der Waals surface area contributed by atoms with E-state index in [0.29, 0.717) is 27.1 Å². The van der Waals surface area contributed by atoms with Gasteiger partial charge in [-0.05, 0) is 23.6 Å². The number of primary amides is 1. The number of rotatable bonds is 2. The van der Waals surface area contributed by atoms with Crippen LogP contribution in [0.1, 0.15) is 20.7 Å². The van der Waals surface area contributed by atoms with Gasteiger partial charge >= 0.3 is 0 Å². The second-order valence-corrected chi connectivity index (χ2v) is 6.15. The van der Waals surface area contributed by atoms with Crippen LogP contribution in [0.4, 0.5) is 0 Å². The number of benzene rings is 3. The van der Waals surface area contributed by atoms with Crippen LogP contribution in [-0.4, -0.2) is 16.4 Å². The smallest absolute Gasteiger partial charge is 0.263 e. The lowest BCUT2D eigenvalue weighted by Crippen LogP contribution is -2.13. The maximum atomic E-state index is 13.2. The summed E-state index contributed by atoms with van der Waals surface area (Å²) in [6, 6.07) is 18.1. The Kier molecular flexibility index (Phi) is 3.55. The number of halogens is 1. The maximum absolute atomic E-state index is 13.2. The highest BCUT2D eigenvalue weighted by molar-refractivity contribution is 6.36. The topological polar surface area (TPSA) is 65.1 Å². The fraction of sp³-hybridized carbons (Fsp3) is 0. The fourth-order valence-electron chi connectivity index (χ4n) is 3.13. The van der Waals surface area contributed by atoms with Crippen LogP contribution in [0.3, 0.4) is 0 Å². The number of nitrogens with zero attached hydrogens (tertiary/aromatic N) is 1. The van der Waals surface area contributed by atoms with Crippen molar-refractivity contribution in [3.63, 3.8) is 0 Å². The summed E-state index contributed by atoms with van der Waals surface area (Å²) < 4.78 is 1.46. The molecule has 0 aliphatic rings. The summed E-state index contributed by atoms with van der Waals surface area (Å²) in [6.45, 7) is 0. The minimum Gasteiger partial charge on any atom is -0.366 e. The number of amides is 1. The molecule has 5 heteroatoms. The van der Waals surface area contributed by atoms with Gasteiger partial charge in [0.05, 0.1) is 11.1 Å². The maximum Gasteiger partial charge on any atom is 0.263 e. The molecule has 1 amide bonds. The molecule has 3 aromatic carbocycles. The largest absolute Gasteiger partial charge is 0.366 e. The molecule has 4 aromatic rings. The average Bonchev–Trinajstić information content (AvgIpc) is 3.01. The summed E-state index contributed by atoms with van der Waals surface area (Å²) in [6.07, 6.45) is 1.50. The monoisotopic (exact) mass is 348 g/mol. The van der Waals surface area contributed by atoms with Crippen molar-refractivity contribution in [1.29, 1.82) is 0 Å². The number of nitrogens with two attached hydrogens (primary N) is 1. The van der Waals surface area contributed by atoms with Gasteiger partial charge in [0.25, 0.3) is 11.8 Å².